The molecule has 8 heteroatoms. The molecule has 2 rings (SSSR count). The molecular weight excluding hydrogens is 476 g/mol. The van der Waals surface area contributed by atoms with Gasteiger partial charge in [0.2, 0.25) is 0 Å². The average molecular weight is 476 g/mol. The van der Waals surface area contributed by atoms with E-state index in [0.717, 1.165) is 0 Å². The number of halogens is 4. The van der Waals surface area contributed by atoms with E-state index in [1.54, 1.807) is 0 Å². The van der Waals surface area contributed by atoms with Crippen molar-refractivity contribution in [2.75, 3.05) is 0 Å². The Kier molecular flexibility index (Phi) is 3.44. The summed E-state index contributed by atoms with van der Waals surface area (Å²) in [5, 5.41) is 6.55. The molecule has 1 heterocycles. The van der Waals surface area contributed by atoms with Gasteiger partial charge in [-0.1, -0.05) is 0 Å². The maximum Gasteiger partial charge on any atom is 0.297 e. The first-order valence-corrected chi connectivity index (χ1v) is 6.98. The fraction of sp³-hybridized carbons (Fsp3) is 0. The van der Waals surface area contributed by atoms with Gasteiger partial charge in [0.15, 0.2) is 0 Å². The van der Waals surface area contributed by atoms with Crippen LogP contribution in [0.3, 0.4) is 0 Å². The molecule has 0 fully saturated rings. The quantitative estimate of drug-likeness (QED) is 0.410. The van der Waals surface area contributed by atoms with Gasteiger partial charge in [0.1, 0.15) is 0 Å². The first kappa shape index (κ1) is 12.5. The van der Waals surface area contributed by atoms with Gasteiger partial charge in [0, 0.05) is 17.9 Å². The molecule has 1 aromatic rings. The van der Waals surface area contributed by atoms with Gasteiger partial charge in [-0.05, 0) is 63.7 Å². The van der Waals surface area contributed by atoms with Crippen LogP contribution in [0.4, 0.5) is 0 Å². The van der Waals surface area contributed by atoms with Gasteiger partial charge >= 0.3 is 0 Å². The number of amides is 2. The lowest BCUT2D eigenvalue weighted by Crippen LogP contribution is -2.13. The standard InChI is InChI=1S/C8Br4N2O2/c9-3-1-2(4(10)6(12)5(3)11)8(16)14-13-7(1)15. The average Bonchev–Trinajstić information content (AvgIpc) is 2.26. The topological polar surface area (TPSA) is 58.9 Å². The van der Waals surface area contributed by atoms with Crippen molar-refractivity contribution in [3.8, 4) is 0 Å². The molecule has 1 aliphatic rings. The third-order valence-corrected chi connectivity index (χ3v) is 6.69. The number of fused-ring (bicyclic) bond motifs is 1. The molecule has 0 radical (unpaired) electrons. The number of hydrogen-bond donors (Lipinski definition) is 0. The van der Waals surface area contributed by atoms with Crippen LogP contribution >= 0.6 is 63.7 Å². The zero-order chi connectivity index (χ0) is 12.0. The van der Waals surface area contributed by atoms with Gasteiger partial charge in [0.05, 0.1) is 11.1 Å². The summed E-state index contributed by atoms with van der Waals surface area (Å²) in [5.74, 6) is -1.09. The predicted octanol–water partition coefficient (Wildman–Crippen LogP) is 4.48. The number of carbonyl (C=O) groups excluding carboxylic acids is 2. The number of azo groups is 1. The summed E-state index contributed by atoms with van der Waals surface area (Å²) in [7, 11) is 0. The molecule has 0 saturated heterocycles. The third-order valence-electron chi connectivity index (χ3n) is 1.93. The summed E-state index contributed by atoms with van der Waals surface area (Å²) in [5.41, 5.74) is 0.420. The van der Waals surface area contributed by atoms with E-state index in [-0.39, 0.29) is 11.1 Å². The van der Waals surface area contributed by atoms with Gasteiger partial charge in [0.25, 0.3) is 11.8 Å². The Hall–Kier alpha value is 0.0800. The van der Waals surface area contributed by atoms with Crippen LogP contribution in [0.15, 0.2) is 28.1 Å². The van der Waals surface area contributed by atoms with Crippen molar-refractivity contribution in [2.45, 2.75) is 0 Å². The molecule has 0 spiro atoms. The van der Waals surface area contributed by atoms with Crippen molar-refractivity contribution in [1.82, 2.24) is 0 Å². The van der Waals surface area contributed by atoms with Crippen molar-refractivity contribution in [3.05, 3.63) is 29.0 Å². The molecule has 1 aliphatic heterocycles. The SMILES string of the molecule is O=C1N=NC(=O)c2c(Br)c(Br)c(Br)c(Br)c21. The van der Waals surface area contributed by atoms with Crippen LogP contribution in [-0.4, -0.2) is 11.8 Å². The zero-order valence-corrected chi connectivity index (χ0v) is 13.6. The first-order valence-electron chi connectivity index (χ1n) is 3.81. The van der Waals surface area contributed by atoms with Crippen molar-refractivity contribution >= 4 is 75.5 Å². The molecule has 82 valence electrons. The number of carbonyl (C=O) groups is 2. The Morgan fingerprint density at radius 1 is 0.625 bits per heavy atom. The van der Waals surface area contributed by atoms with Crippen LogP contribution < -0.4 is 0 Å². The number of rotatable bonds is 0. The van der Waals surface area contributed by atoms with E-state index < -0.39 is 11.8 Å². The summed E-state index contributed by atoms with van der Waals surface area (Å²) in [6, 6.07) is 0. The summed E-state index contributed by atoms with van der Waals surface area (Å²) in [6.45, 7) is 0. The van der Waals surface area contributed by atoms with Gasteiger partial charge in [-0.25, -0.2) is 0 Å². The molecular formula is C8Br4N2O2. The van der Waals surface area contributed by atoms with E-state index in [1.807, 2.05) is 0 Å². The van der Waals surface area contributed by atoms with E-state index >= 15 is 0 Å². The molecule has 0 aliphatic carbocycles. The highest BCUT2D eigenvalue weighted by molar-refractivity contribution is 9.15. The van der Waals surface area contributed by atoms with E-state index in [0.29, 0.717) is 17.9 Å². The minimum Gasteiger partial charge on any atom is -0.265 e. The highest BCUT2D eigenvalue weighted by atomic mass is 79.9. The lowest BCUT2D eigenvalue weighted by molar-refractivity contribution is 0.0919. The lowest BCUT2D eigenvalue weighted by Gasteiger charge is -2.14. The maximum absolute atomic E-state index is 11.6. The Bertz CT molecular complexity index is 519. The molecule has 0 saturated carbocycles. The van der Waals surface area contributed by atoms with E-state index in [2.05, 4.69) is 73.9 Å². The Balaban J connectivity index is 2.94. The summed E-state index contributed by atoms with van der Waals surface area (Å²) < 4.78 is 2.23. The Morgan fingerprint density at radius 3 is 1.25 bits per heavy atom. The van der Waals surface area contributed by atoms with Gasteiger partial charge < -0.3 is 0 Å². The zero-order valence-electron chi connectivity index (χ0n) is 7.22. The minimum atomic E-state index is -0.546. The molecule has 0 atom stereocenters. The summed E-state index contributed by atoms with van der Waals surface area (Å²) in [4.78, 5) is 23.1. The van der Waals surface area contributed by atoms with Crippen LogP contribution in [0.2, 0.25) is 0 Å². The first-order chi connectivity index (χ1) is 7.45. The fourth-order valence-corrected chi connectivity index (χ4v) is 3.68. The maximum atomic E-state index is 11.6. The number of nitrogens with zero attached hydrogens (tertiary/aromatic N) is 2. The highest BCUT2D eigenvalue weighted by Crippen LogP contribution is 2.43. The van der Waals surface area contributed by atoms with Crippen molar-refractivity contribution in [1.29, 1.82) is 0 Å². The summed E-state index contributed by atoms with van der Waals surface area (Å²) in [6.07, 6.45) is 0. The molecule has 16 heavy (non-hydrogen) atoms. The van der Waals surface area contributed by atoms with Crippen LogP contribution in [0, 0.1) is 0 Å². The van der Waals surface area contributed by atoms with Crippen molar-refractivity contribution in [3.63, 3.8) is 0 Å². The van der Waals surface area contributed by atoms with Crippen LogP contribution in [0.25, 0.3) is 0 Å². The molecule has 4 nitrogen and oxygen atoms in total. The van der Waals surface area contributed by atoms with Gasteiger partial charge in [-0.15, -0.1) is 10.2 Å². The lowest BCUT2D eigenvalue weighted by atomic mass is 10.1. The monoisotopic (exact) mass is 472 g/mol. The van der Waals surface area contributed by atoms with Gasteiger partial charge in [-0.2, -0.15) is 0 Å². The Morgan fingerprint density at radius 2 is 0.938 bits per heavy atom. The van der Waals surface area contributed by atoms with Crippen molar-refractivity contribution in [2.24, 2.45) is 10.2 Å². The largest absolute Gasteiger partial charge is 0.297 e. The molecule has 0 aromatic heterocycles. The van der Waals surface area contributed by atoms with E-state index in [1.165, 1.54) is 0 Å². The number of benzene rings is 1. The molecule has 0 bridgehead atoms. The second-order valence-corrected chi connectivity index (χ2v) is 5.99. The van der Waals surface area contributed by atoms with E-state index in [4.69, 9.17) is 0 Å². The Labute approximate surface area is 123 Å². The second-order valence-electron chi connectivity index (χ2n) is 2.82. The summed E-state index contributed by atoms with van der Waals surface area (Å²) >= 11 is 13.1. The van der Waals surface area contributed by atoms with Crippen molar-refractivity contribution < 1.29 is 9.59 Å². The van der Waals surface area contributed by atoms with E-state index in [9.17, 15) is 9.59 Å². The fourth-order valence-electron chi connectivity index (χ4n) is 1.22. The van der Waals surface area contributed by atoms with Crippen LogP contribution in [0.5, 0.6) is 0 Å². The second kappa shape index (κ2) is 4.40. The highest BCUT2D eigenvalue weighted by Gasteiger charge is 2.30. The number of hydrogen-bond acceptors (Lipinski definition) is 2. The van der Waals surface area contributed by atoms with Crippen LogP contribution in [-0.2, 0) is 0 Å². The van der Waals surface area contributed by atoms with Gasteiger partial charge in [-0.3, -0.25) is 9.59 Å². The minimum absolute atomic E-state index is 0.210. The molecule has 1 aromatic carbocycles. The molecule has 0 N–H and O–H groups in total. The molecule has 0 unspecified atom stereocenters. The van der Waals surface area contributed by atoms with Crippen LogP contribution in [0.1, 0.15) is 20.7 Å². The normalized spacial score (nSPS) is 14.2. The molecule has 2 amide bonds. The predicted molar refractivity (Wildman–Crippen MR) is 70.8 cm³/mol. The smallest absolute Gasteiger partial charge is 0.265 e. The third kappa shape index (κ3) is 1.75.